The minimum Gasteiger partial charge on any atom is -0.389 e. The number of benzene rings is 1. The molecular weight excluding hydrogens is 275 g/mol. The van der Waals surface area contributed by atoms with Crippen molar-refractivity contribution in [2.45, 2.75) is 26.1 Å². The first-order valence-electron chi connectivity index (χ1n) is 6.84. The molecule has 1 atom stereocenters. The summed E-state index contributed by atoms with van der Waals surface area (Å²) >= 11 is 0. The van der Waals surface area contributed by atoms with Crippen molar-refractivity contribution in [3.63, 3.8) is 0 Å². The Balaban J connectivity index is 2.29. The first-order chi connectivity index (χ1) is 10.0. The third-order valence-electron chi connectivity index (χ3n) is 2.64. The van der Waals surface area contributed by atoms with E-state index >= 15 is 0 Å². The van der Waals surface area contributed by atoms with Gasteiger partial charge in [0.2, 0.25) is 0 Å². The predicted octanol–water partition coefficient (Wildman–Crippen LogP) is 1.91. The van der Waals surface area contributed by atoms with Gasteiger partial charge in [-0.25, -0.2) is 4.39 Å². The van der Waals surface area contributed by atoms with Crippen molar-refractivity contribution in [1.29, 1.82) is 5.26 Å². The molecule has 2 N–H and O–H groups in total. The summed E-state index contributed by atoms with van der Waals surface area (Å²) in [4.78, 5) is 0. The van der Waals surface area contributed by atoms with Crippen LogP contribution in [0.15, 0.2) is 18.2 Å². The Bertz CT molecular complexity index is 474. The van der Waals surface area contributed by atoms with Gasteiger partial charge in [0, 0.05) is 6.54 Å². The number of aliphatic hydroxyl groups is 1. The van der Waals surface area contributed by atoms with Crippen LogP contribution in [-0.4, -0.2) is 43.7 Å². The summed E-state index contributed by atoms with van der Waals surface area (Å²) in [5, 5.41) is 21.5. The second-order valence-electron chi connectivity index (χ2n) is 4.80. The Morgan fingerprint density at radius 2 is 2.14 bits per heavy atom. The van der Waals surface area contributed by atoms with Gasteiger partial charge in [0.1, 0.15) is 17.4 Å². The lowest BCUT2D eigenvalue weighted by Gasteiger charge is -2.14. The number of aliphatic hydroxyl groups excluding tert-OH is 1. The van der Waals surface area contributed by atoms with Crippen molar-refractivity contribution >= 4 is 5.69 Å². The van der Waals surface area contributed by atoms with Gasteiger partial charge in [0.15, 0.2) is 0 Å². The van der Waals surface area contributed by atoms with E-state index in [0.717, 1.165) is 0 Å². The molecule has 21 heavy (non-hydrogen) atoms. The number of nitrogens with one attached hydrogen (secondary N) is 1. The lowest BCUT2D eigenvalue weighted by atomic mass is 10.2. The summed E-state index contributed by atoms with van der Waals surface area (Å²) < 4.78 is 23.9. The molecule has 1 rings (SSSR count). The normalized spacial score (nSPS) is 12.2. The van der Waals surface area contributed by atoms with Crippen molar-refractivity contribution in [1.82, 2.24) is 0 Å². The van der Waals surface area contributed by atoms with Gasteiger partial charge in [-0.15, -0.1) is 0 Å². The van der Waals surface area contributed by atoms with Gasteiger partial charge in [-0.1, -0.05) is 6.07 Å². The smallest absolute Gasteiger partial charge is 0.143 e. The highest BCUT2D eigenvalue weighted by Gasteiger charge is 2.09. The monoisotopic (exact) mass is 296 g/mol. The Morgan fingerprint density at radius 3 is 2.81 bits per heavy atom. The summed E-state index contributed by atoms with van der Waals surface area (Å²) in [5.74, 6) is -0.584. The van der Waals surface area contributed by atoms with Crippen molar-refractivity contribution in [3.05, 3.63) is 29.6 Å². The summed E-state index contributed by atoms with van der Waals surface area (Å²) in [6, 6.07) is 6.10. The van der Waals surface area contributed by atoms with Crippen LogP contribution in [0.5, 0.6) is 0 Å². The zero-order valence-electron chi connectivity index (χ0n) is 12.3. The molecule has 0 aliphatic rings. The van der Waals surface area contributed by atoms with E-state index in [9.17, 15) is 9.50 Å². The maximum absolute atomic E-state index is 13.4. The van der Waals surface area contributed by atoms with Gasteiger partial charge in [-0.2, -0.15) is 5.26 Å². The van der Waals surface area contributed by atoms with Crippen molar-refractivity contribution in [3.8, 4) is 6.07 Å². The lowest BCUT2D eigenvalue weighted by molar-refractivity contribution is -0.00734. The molecule has 0 aliphatic carbocycles. The number of anilines is 1. The largest absolute Gasteiger partial charge is 0.389 e. The van der Waals surface area contributed by atoms with E-state index in [1.54, 1.807) is 12.1 Å². The van der Waals surface area contributed by atoms with Crippen molar-refractivity contribution in [2.24, 2.45) is 0 Å². The molecule has 1 unspecified atom stereocenters. The first kappa shape index (κ1) is 17.4. The molecule has 0 radical (unpaired) electrons. The molecule has 1 aromatic rings. The van der Waals surface area contributed by atoms with Crippen LogP contribution < -0.4 is 5.32 Å². The van der Waals surface area contributed by atoms with Crippen molar-refractivity contribution < 1.29 is 19.0 Å². The molecule has 0 spiro atoms. The lowest BCUT2D eigenvalue weighted by Crippen LogP contribution is -2.26. The van der Waals surface area contributed by atoms with E-state index in [1.165, 1.54) is 12.1 Å². The molecule has 0 saturated carbocycles. The summed E-state index contributed by atoms with van der Waals surface area (Å²) in [6.07, 6.45) is -0.601. The highest BCUT2D eigenvalue weighted by molar-refractivity contribution is 5.57. The number of rotatable bonds is 9. The molecule has 0 amide bonds. The molecule has 1 aromatic carbocycles. The van der Waals surface area contributed by atoms with Crippen LogP contribution in [0, 0.1) is 17.1 Å². The zero-order valence-corrected chi connectivity index (χ0v) is 12.3. The van der Waals surface area contributed by atoms with Gasteiger partial charge in [0.05, 0.1) is 37.7 Å². The zero-order chi connectivity index (χ0) is 15.7. The van der Waals surface area contributed by atoms with Crippen LogP contribution in [0.4, 0.5) is 10.1 Å². The second-order valence-corrected chi connectivity index (χ2v) is 4.80. The Labute approximate surface area is 124 Å². The Hall–Kier alpha value is -1.68. The third kappa shape index (κ3) is 6.54. The predicted molar refractivity (Wildman–Crippen MR) is 77.5 cm³/mol. The second kappa shape index (κ2) is 9.29. The Kier molecular flexibility index (Phi) is 7.69. The first-order valence-corrected chi connectivity index (χ1v) is 6.84. The SMILES string of the molecule is CC(C)OCCOCC(O)CNc1cccc(F)c1C#N. The molecule has 0 saturated heterocycles. The molecule has 116 valence electrons. The van der Waals surface area contributed by atoms with Gasteiger partial charge in [-0.05, 0) is 26.0 Å². The quantitative estimate of drug-likeness (QED) is 0.681. The summed E-state index contributed by atoms with van der Waals surface area (Å²) in [7, 11) is 0. The fourth-order valence-corrected chi connectivity index (χ4v) is 1.63. The van der Waals surface area contributed by atoms with Gasteiger partial charge >= 0.3 is 0 Å². The molecule has 0 aliphatic heterocycles. The van der Waals surface area contributed by atoms with Crippen LogP contribution in [0.2, 0.25) is 0 Å². The van der Waals surface area contributed by atoms with Crippen molar-refractivity contribution in [2.75, 3.05) is 31.7 Å². The number of nitriles is 1. The molecule has 5 nitrogen and oxygen atoms in total. The van der Waals surface area contributed by atoms with E-state index in [2.05, 4.69) is 5.32 Å². The maximum atomic E-state index is 13.4. The number of ether oxygens (including phenoxy) is 2. The molecular formula is C15H21FN2O3. The maximum Gasteiger partial charge on any atom is 0.143 e. The topological polar surface area (TPSA) is 74.5 Å². The molecule has 0 fully saturated rings. The van der Waals surface area contributed by atoms with Crippen LogP contribution in [0.25, 0.3) is 0 Å². The summed E-state index contributed by atoms with van der Waals surface area (Å²) in [6.45, 7) is 5.06. The molecule has 0 heterocycles. The average molecular weight is 296 g/mol. The number of halogens is 1. The highest BCUT2D eigenvalue weighted by Crippen LogP contribution is 2.17. The Morgan fingerprint density at radius 1 is 1.38 bits per heavy atom. The van der Waals surface area contributed by atoms with Crippen LogP contribution in [-0.2, 0) is 9.47 Å². The van der Waals surface area contributed by atoms with Crippen LogP contribution in [0.1, 0.15) is 19.4 Å². The van der Waals surface area contributed by atoms with Gasteiger partial charge in [0.25, 0.3) is 0 Å². The summed E-state index contributed by atoms with van der Waals surface area (Å²) in [5.41, 5.74) is 0.302. The van der Waals surface area contributed by atoms with E-state index in [0.29, 0.717) is 18.9 Å². The standard InChI is InChI=1S/C15H21FN2O3/c1-11(2)21-7-6-20-10-12(19)9-18-15-5-3-4-14(16)13(15)8-17/h3-5,11-12,18-19H,6-7,9-10H2,1-2H3. The van der Waals surface area contributed by atoms with E-state index in [-0.39, 0.29) is 24.8 Å². The molecule has 0 bridgehead atoms. The third-order valence-corrected chi connectivity index (χ3v) is 2.64. The van der Waals surface area contributed by atoms with E-state index in [4.69, 9.17) is 14.7 Å². The number of nitrogens with zero attached hydrogens (tertiary/aromatic N) is 1. The van der Waals surface area contributed by atoms with Crippen LogP contribution >= 0.6 is 0 Å². The number of hydrogen-bond acceptors (Lipinski definition) is 5. The minimum absolute atomic E-state index is 0.0593. The fraction of sp³-hybridized carbons (Fsp3) is 0.533. The minimum atomic E-state index is -0.751. The fourth-order valence-electron chi connectivity index (χ4n) is 1.63. The molecule has 6 heteroatoms. The molecule has 0 aromatic heterocycles. The average Bonchev–Trinajstić information content (AvgIpc) is 2.44. The number of hydrogen-bond donors (Lipinski definition) is 2. The van der Waals surface area contributed by atoms with E-state index in [1.807, 2.05) is 13.8 Å². The highest BCUT2D eigenvalue weighted by atomic mass is 19.1. The van der Waals surface area contributed by atoms with Gasteiger partial charge in [-0.3, -0.25) is 0 Å². The van der Waals surface area contributed by atoms with E-state index < -0.39 is 11.9 Å². The van der Waals surface area contributed by atoms with Gasteiger partial charge < -0.3 is 19.9 Å². The van der Waals surface area contributed by atoms with Crippen LogP contribution in [0.3, 0.4) is 0 Å².